The summed E-state index contributed by atoms with van der Waals surface area (Å²) in [6, 6.07) is 0. The van der Waals surface area contributed by atoms with Gasteiger partial charge in [0.2, 0.25) is 0 Å². The quantitative estimate of drug-likeness (QED) is 0.863. The highest BCUT2D eigenvalue weighted by atomic mass is 16.5. The Morgan fingerprint density at radius 2 is 2.14 bits per heavy atom. The largest absolute Gasteiger partial charge is 0.394 e. The molecule has 112 valence electrons. The monoisotopic (exact) mass is 289 g/mol. The third-order valence-corrected chi connectivity index (χ3v) is 4.21. The summed E-state index contributed by atoms with van der Waals surface area (Å²) < 4.78 is 7.74. The van der Waals surface area contributed by atoms with Gasteiger partial charge in [0.05, 0.1) is 19.0 Å². The molecule has 7 heteroatoms. The molecule has 0 spiro atoms. The summed E-state index contributed by atoms with van der Waals surface area (Å²) in [4.78, 5) is 13.1. The van der Waals surface area contributed by atoms with Crippen molar-refractivity contribution < 1.29 is 9.84 Å². The average Bonchev–Trinajstić information content (AvgIpc) is 3.05. The van der Waals surface area contributed by atoms with Gasteiger partial charge in [-0.15, -0.1) is 0 Å². The highest BCUT2D eigenvalue weighted by molar-refractivity contribution is 5.82. The number of fused-ring (bicyclic) bond motifs is 1. The highest BCUT2D eigenvalue weighted by Gasteiger charge is 2.28. The number of aliphatic hydroxyl groups excluding tert-OH is 1. The van der Waals surface area contributed by atoms with Crippen LogP contribution in [0.25, 0.3) is 11.2 Å². The van der Waals surface area contributed by atoms with Crippen molar-refractivity contribution in [1.82, 2.24) is 19.5 Å². The maximum absolute atomic E-state index is 9.18. The third-order valence-electron chi connectivity index (χ3n) is 4.21. The standard InChI is InChI=1S/C14H19N5O2/c20-6-10-3-4-11(21-10)19-8-18-12-13(15-5-9-1-2-9)16-7-17-14(12)19/h7-11,20H,1-6H2,(H,15,16,17)/t10-,11+/m0/s1. The first-order valence-corrected chi connectivity index (χ1v) is 7.53. The normalized spacial score (nSPS) is 25.6. The van der Waals surface area contributed by atoms with Gasteiger partial charge in [0.15, 0.2) is 17.0 Å². The highest BCUT2D eigenvalue weighted by Crippen LogP contribution is 2.32. The summed E-state index contributed by atoms with van der Waals surface area (Å²) in [5, 5.41) is 12.5. The first-order valence-electron chi connectivity index (χ1n) is 7.53. The van der Waals surface area contributed by atoms with E-state index in [9.17, 15) is 5.11 Å². The van der Waals surface area contributed by atoms with Gasteiger partial charge in [-0.3, -0.25) is 4.57 Å². The zero-order chi connectivity index (χ0) is 14.2. The van der Waals surface area contributed by atoms with E-state index in [1.165, 1.54) is 12.8 Å². The molecule has 2 aliphatic rings. The van der Waals surface area contributed by atoms with Crippen LogP contribution in [0.5, 0.6) is 0 Å². The number of ether oxygens (including phenoxy) is 1. The van der Waals surface area contributed by atoms with E-state index >= 15 is 0 Å². The van der Waals surface area contributed by atoms with E-state index in [1.54, 1.807) is 12.7 Å². The molecule has 1 saturated heterocycles. The van der Waals surface area contributed by atoms with E-state index in [0.29, 0.717) is 0 Å². The lowest BCUT2D eigenvalue weighted by Gasteiger charge is -2.14. The summed E-state index contributed by atoms with van der Waals surface area (Å²) in [5.41, 5.74) is 1.57. The number of nitrogens with zero attached hydrogens (tertiary/aromatic N) is 4. The minimum absolute atomic E-state index is 0.0618. The molecule has 1 aliphatic carbocycles. The van der Waals surface area contributed by atoms with Crippen molar-refractivity contribution in [1.29, 1.82) is 0 Å². The number of anilines is 1. The number of rotatable bonds is 5. The van der Waals surface area contributed by atoms with Gasteiger partial charge < -0.3 is 15.2 Å². The molecule has 0 radical (unpaired) electrons. The SMILES string of the molecule is OC[C@@H]1CC[C@H](n2cnc3c(NCC4CC4)ncnc32)O1. The van der Waals surface area contributed by atoms with E-state index in [4.69, 9.17) is 4.74 Å². The number of imidazole rings is 1. The molecule has 0 aromatic carbocycles. The number of aliphatic hydroxyl groups is 1. The Bertz CT molecular complexity index is 639. The summed E-state index contributed by atoms with van der Waals surface area (Å²) in [5.74, 6) is 1.57. The zero-order valence-corrected chi connectivity index (χ0v) is 11.8. The lowest BCUT2D eigenvalue weighted by molar-refractivity contribution is -0.0207. The number of nitrogens with one attached hydrogen (secondary N) is 1. The third kappa shape index (κ3) is 2.47. The Morgan fingerprint density at radius 3 is 2.90 bits per heavy atom. The van der Waals surface area contributed by atoms with Crippen LogP contribution in [0.15, 0.2) is 12.7 Å². The van der Waals surface area contributed by atoms with Gasteiger partial charge in [-0.1, -0.05) is 0 Å². The molecule has 4 rings (SSSR count). The maximum atomic E-state index is 9.18. The van der Waals surface area contributed by atoms with Crippen LogP contribution in [0.2, 0.25) is 0 Å². The predicted octanol–water partition coefficient (Wildman–Crippen LogP) is 1.32. The average molecular weight is 289 g/mol. The van der Waals surface area contributed by atoms with Gasteiger partial charge in [-0.25, -0.2) is 15.0 Å². The lowest BCUT2D eigenvalue weighted by atomic mass is 10.2. The Hall–Kier alpha value is -1.73. The summed E-state index contributed by atoms with van der Waals surface area (Å²) in [7, 11) is 0. The molecular formula is C14H19N5O2. The van der Waals surface area contributed by atoms with Crippen molar-refractivity contribution in [2.24, 2.45) is 5.92 Å². The van der Waals surface area contributed by atoms with Crippen LogP contribution >= 0.6 is 0 Å². The van der Waals surface area contributed by atoms with Gasteiger partial charge in [0.1, 0.15) is 12.6 Å². The van der Waals surface area contributed by atoms with Crippen molar-refractivity contribution in [3.05, 3.63) is 12.7 Å². The van der Waals surface area contributed by atoms with Gasteiger partial charge in [-0.05, 0) is 31.6 Å². The molecule has 21 heavy (non-hydrogen) atoms. The Kier molecular flexibility index (Phi) is 3.23. The molecule has 2 atom stereocenters. The van der Waals surface area contributed by atoms with Crippen molar-refractivity contribution in [3.63, 3.8) is 0 Å². The molecule has 0 amide bonds. The van der Waals surface area contributed by atoms with Gasteiger partial charge in [-0.2, -0.15) is 0 Å². The van der Waals surface area contributed by atoms with Crippen molar-refractivity contribution >= 4 is 17.0 Å². The van der Waals surface area contributed by atoms with Crippen LogP contribution in [0.4, 0.5) is 5.82 Å². The van der Waals surface area contributed by atoms with E-state index in [0.717, 1.165) is 42.3 Å². The minimum atomic E-state index is -0.0988. The summed E-state index contributed by atoms with van der Waals surface area (Å²) >= 11 is 0. The van der Waals surface area contributed by atoms with Crippen LogP contribution in [0, 0.1) is 5.92 Å². The smallest absolute Gasteiger partial charge is 0.167 e. The number of aromatic nitrogens is 4. The first kappa shape index (κ1) is 13.0. The molecule has 1 aliphatic heterocycles. The molecule has 3 heterocycles. The van der Waals surface area contributed by atoms with Crippen molar-refractivity contribution in [2.45, 2.75) is 38.0 Å². The fourth-order valence-electron chi connectivity index (χ4n) is 2.78. The molecule has 2 fully saturated rings. The van der Waals surface area contributed by atoms with Crippen LogP contribution in [0.3, 0.4) is 0 Å². The molecule has 2 N–H and O–H groups in total. The zero-order valence-electron chi connectivity index (χ0n) is 11.8. The van der Waals surface area contributed by atoms with E-state index in [1.807, 2.05) is 4.57 Å². The summed E-state index contributed by atoms with van der Waals surface area (Å²) in [6.45, 7) is 1.01. The molecule has 2 aromatic rings. The maximum Gasteiger partial charge on any atom is 0.167 e. The van der Waals surface area contributed by atoms with Gasteiger partial charge >= 0.3 is 0 Å². The second-order valence-corrected chi connectivity index (χ2v) is 5.84. The van der Waals surface area contributed by atoms with Crippen LogP contribution in [-0.4, -0.2) is 43.9 Å². The topological polar surface area (TPSA) is 85.1 Å². The number of hydrogen-bond acceptors (Lipinski definition) is 6. The molecule has 0 unspecified atom stereocenters. The Labute approximate surface area is 122 Å². The van der Waals surface area contributed by atoms with E-state index < -0.39 is 0 Å². The Balaban J connectivity index is 1.60. The van der Waals surface area contributed by atoms with Crippen molar-refractivity contribution in [2.75, 3.05) is 18.5 Å². The Morgan fingerprint density at radius 1 is 1.24 bits per heavy atom. The number of hydrogen-bond donors (Lipinski definition) is 2. The van der Waals surface area contributed by atoms with Crippen LogP contribution in [-0.2, 0) is 4.74 Å². The first-order chi connectivity index (χ1) is 10.3. The van der Waals surface area contributed by atoms with E-state index in [-0.39, 0.29) is 18.9 Å². The molecule has 2 aromatic heterocycles. The van der Waals surface area contributed by atoms with Gasteiger partial charge in [0.25, 0.3) is 0 Å². The molecule has 1 saturated carbocycles. The summed E-state index contributed by atoms with van der Waals surface area (Å²) in [6.07, 6.45) is 7.47. The van der Waals surface area contributed by atoms with E-state index in [2.05, 4.69) is 20.3 Å². The van der Waals surface area contributed by atoms with Crippen molar-refractivity contribution in [3.8, 4) is 0 Å². The molecule has 0 bridgehead atoms. The fourth-order valence-corrected chi connectivity index (χ4v) is 2.78. The second kappa shape index (κ2) is 5.23. The van der Waals surface area contributed by atoms with Crippen LogP contribution < -0.4 is 5.32 Å². The molecular weight excluding hydrogens is 270 g/mol. The lowest BCUT2D eigenvalue weighted by Crippen LogP contribution is -2.14. The molecule has 7 nitrogen and oxygen atoms in total. The second-order valence-electron chi connectivity index (χ2n) is 5.84. The predicted molar refractivity (Wildman–Crippen MR) is 76.8 cm³/mol. The van der Waals surface area contributed by atoms with Gasteiger partial charge in [0, 0.05) is 6.54 Å². The minimum Gasteiger partial charge on any atom is -0.394 e. The fraction of sp³-hybridized carbons (Fsp3) is 0.643. The van der Waals surface area contributed by atoms with Crippen LogP contribution in [0.1, 0.15) is 31.9 Å².